The van der Waals surface area contributed by atoms with E-state index in [-0.39, 0.29) is 0 Å². The van der Waals surface area contributed by atoms with Gasteiger partial charge in [0.25, 0.3) is 0 Å². The molecule has 2 aliphatic carbocycles. The van der Waals surface area contributed by atoms with Crippen LogP contribution in [0.3, 0.4) is 0 Å². The largest absolute Gasteiger partial charge is 0.330 e. The summed E-state index contributed by atoms with van der Waals surface area (Å²) < 4.78 is 2.16. The summed E-state index contributed by atoms with van der Waals surface area (Å²) in [6, 6.07) is 4.66. The van der Waals surface area contributed by atoms with Gasteiger partial charge in [0.15, 0.2) is 5.65 Å². The molecule has 6 nitrogen and oxygen atoms in total. The van der Waals surface area contributed by atoms with E-state index in [2.05, 4.69) is 33.2 Å². The average molecular weight is 308 g/mol. The van der Waals surface area contributed by atoms with Crippen molar-refractivity contribution in [2.24, 2.45) is 11.7 Å². The van der Waals surface area contributed by atoms with Crippen molar-refractivity contribution in [3.05, 3.63) is 30.2 Å². The Balaban J connectivity index is 1.54. The van der Waals surface area contributed by atoms with E-state index in [0.717, 1.165) is 36.1 Å². The third-order valence-electron chi connectivity index (χ3n) is 5.22. The first kappa shape index (κ1) is 13.2. The number of H-pyrrole nitrogens is 1. The molecule has 0 aromatic carbocycles. The van der Waals surface area contributed by atoms with Crippen molar-refractivity contribution in [2.75, 3.05) is 6.54 Å². The minimum Gasteiger partial charge on any atom is -0.330 e. The Morgan fingerprint density at radius 3 is 2.91 bits per heavy atom. The molecule has 118 valence electrons. The topological polar surface area (TPSA) is 85.4 Å². The summed E-state index contributed by atoms with van der Waals surface area (Å²) in [6.45, 7) is 0.790. The minimum absolute atomic E-state index is 0.505. The van der Waals surface area contributed by atoms with Gasteiger partial charge in [-0.2, -0.15) is 10.2 Å². The Bertz CT molecular complexity index is 853. The number of rotatable bonds is 4. The van der Waals surface area contributed by atoms with E-state index in [9.17, 15) is 0 Å². The van der Waals surface area contributed by atoms with Gasteiger partial charge in [-0.1, -0.05) is 0 Å². The molecule has 0 amide bonds. The number of hydrogen-bond acceptors (Lipinski definition) is 4. The summed E-state index contributed by atoms with van der Waals surface area (Å²) in [7, 11) is 0. The van der Waals surface area contributed by atoms with Gasteiger partial charge in [-0.05, 0) is 50.3 Å². The molecule has 0 aliphatic heterocycles. The number of nitrogens with one attached hydrogen (secondary N) is 1. The zero-order chi connectivity index (χ0) is 15.4. The molecule has 2 saturated carbocycles. The molecule has 5 rings (SSSR count). The van der Waals surface area contributed by atoms with Crippen LogP contribution in [0.4, 0.5) is 0 Å². The molecule has 3 aromatic heterocycles. The molecule has 0 bridgehead atoms. The smallest absolute Gasteiger partial charge is 0.155 e. The van der Waals surface area contributed by atoms with E-state index < -0.39 is 0 Å². The fourth-order valence-corrected chi connectivity index (χ4v) is 3.53. The molecule has 3 aromatic rings. The third kappa shape index (κ3) is 2.16. The number of nitrogens with zero attached hydrogens (tertiary/aromatic N) is 4. The van der Waals surface area contributed by atoms with Crippen LogP contribution >= 0.6 is 0 Å². The van der Waals surface area contributed by atoms with Gasteiger partial charge in [0, 0.05) is 23.1 Å². The van der Waals surface area contributed by atoms with E-state index in [4.69, 9.17) is 15.8 Å². The lowest BCUT2D eigenvalue weighted by molar-refractivity contribution is 0.189. The fraction of sp³-hybridized carbons (Fsp3) is 0.471. The van der Waals surface area contributed by atoms with Crippen molar-refractivity contribution in [3.63, 3.8) is 0 Å². The monoisotopic (exact) mass is 308 g/mol. The van der Waals surface area contributed by atoms with Crippen molar-refractivity contribution in [1.82, 2.24) is 25.0 Å². The number of pyridine rings is 1. The first-order valence-electron chi connectivity index (χ1n) is 8.41. The molecule has 0 atom stereocenters. The van der Waals surface area contributed by atoms with Crippen molar-refractivity contribution in [1.29, 1.82) is 0 Å². The highest BCUT2D eigenvalue weighted by atomic mass is 15.3. The van der Waals surface area contributed by atoms with Crippen LogP contribution in [0.25, 0.3) is 22.3 Å². The maximum atomic E-state index is 5.75. The van der Waals surface area contributed by atoms with Crippen molar-refractivity contribution < 1.29 is 0 Å². The van der Waals surface area contributed by atoms with Crippen molar-refractivity contribution in [3.8, 4) is 11.3 Å². The van der Waals surface area contributed by atoms with Crippen LogP contribution < -0.4 is 5.73 Å². The Morgan fingerprint density at radius 1 is 1.26 bits per heavy atom. The molecule has 0 radical (unpaired) electrons. The summed E-state index contributed by atoms with van der Waals surface area (Å²) in [6.07, 6.45) is 8.77. The van der Waals surface area contributed by atoms with Crippen molar-refractivity contribution >= 4 is 11.0 Å². The highest BCUT2D eigenvalue weighted by molar-refractivity contribution is 5.78. The second-order valence-electron chi connectivity index (χ2n) is 6.91. The molecular formula is C17H20N6. The van der Waals surface area contributed by atoms with Gasteiger partial charge >= 0.3 is 0 Å². The molecule has 2 fully saturated rings. The Morgan fingerprint density at radius 2 is 2.13 bits per heavy atom. The van der Waals surface area contributed by atoms with Crippen LogP contribution in [-0.4, -0.2) is 31.5 Å². The van der Waals surface area contributed by atoms with E-state index in [0.29, 0.717) is 17.9 Å². The van der Waals surface area contributed by atoms with Gasteiger partial charge in [-0.3, -0.25) is 9.78 Å². The number of aromatic amines is 1. The fourth-order valence-electron chi connectivity index (χ4n) is 3.53. The Hall–Kier alpha value is -2.21. The second-order valence-corrected chi connectivity index (χ2v) is 6.91. The molecule has 6 heteroatoms. The highest BCUT2D eigenvalue weighted by Gasteiger charge is 2.34. The Labute approximate surface area is 134 Å². The van der Waals surface area contributed by atoms with Crippen LogP contribution in [-0.2, 0) is 0 Å². The average Bonchev–Trinajstić information content (AvgIpc) is 3.10. The molecule has 2 aliphatic rings. The zero-order valence-corrected chi connectivity index (χ0v) is 12.9. The minimum atomic E-state index is 0.505. The van der Waals surface area contributed by atoms with Crippen LogP contribution in [0.1, 0.15) is 43.3 Å². The maximum absolute atomic E-state index is 5.75. The lowest BCUT2D eigenvalue weighted by Crippen LogP contribution is -2.32. The maximum Gasteiger partial charge on any atom is 0.155 e. The van der Waals surface area contributed by atoms with Gasteiger partial charge in [0.05, 0.1) is 23.6 Å². The first-order chi connectivity index (χ1) is 11.3. The molecule has 3 N–H and O–H groups in total. The molecule has 0 unspecified atom stereocenters. The number of hydrogen-bond donors (Lipinski definition) is 2. The summed E-state index contributed by atoms with van der Waals surface area (Å²) in [5.41, 5.74) is 9.98. The predicted molar refractivity (Wildman–Crippen MR) is 87.9 cm³/mol. The van der Waals surface area contributed by atoms with E-state index in [1.165, 1.54) is 24.1 Å². The standard InChI is InChI=1S/C17H20N6/c18-7-10-5-13(6-10)23-9-14(16(22-23)11-1-2-11)15-4-3-12-8-19-21-17(12)20-15/h3-4,8-11,13H,1-2,5-7,18H2,(H,19,20,21). The van der Waals surface area contributed by atoms with Crippen LogP contribution in [0.2, 0.25) is 0 Å². The van der Waals surface area contributed by atoms with Gasteiger partial charge in [-0.15, -0.1) is 0 Å². The van der Waals surface area contributed by atoms with E-state index >= 15 is 0 Å². The van der Waals surface area contributed by atoms with E-state index in [1.54, 1.807) is 6.20 Å². The van der Waals surface area contributed by atoms with Gasteiger partial charge in [0.2, 0.25) is 0 Å². The molecular weight excluding hydrogens is 288 g/mol. The molecule has 3 heterocycles. The van der Waals surface area contributed by atoms with Crippen molar-refractivity contribution in [2.45, 2.75) is 37.6 Å². The van der Waals surface area contributed by atoms with Gasteiger partial charge in [0.1, 0.15) is 0 Å². The molecule has 23 heavy (non-hydrogen) atoms. The number of fused-ring (bicyclic) bond motifs is 1. The third-order valence-corrected chi connectivity index (χ3v) is 5.22. The molecule has 0 spiro atoms. The first-order valence-corrected chi connectivity index (χ1v) is 8.41. The highest BCUT2D eigenvalue weighted by Crippen LogP contribution is 2.45. The summed E-state index contributed by atoms with van der Waals surface area (Å²) in [5, 5.41) is 13.0. The second kappa shape index (κ2) is 4.89. The van der Waals surface area contributed by atoms with Crippen LogP contribution in [0, 0.1) is 5.92 Å². The quantitative estimate of drug-likeness (QED) is 0.776. The van der Waals surface area contributed by atoms with Gasteiger partial charge < -0.3 is 5.73 Å². The number of nitrogens with two attached hydrogens (primary N) is 1. The van der Waals surface area contributed by atoms with Crippen LogP contribution in [0.5, 0.6) is 0 Å². The zero-order valence-electron chi connectivity index (χ0n) is 12.9. The number of aromatic nitrogens is 5. The SMILES string of the molecule is NCC1CC(n2cc(-c3ccc4cn[nH]c4n3)c(C3CC3)n2)C1. The lowest BCUT2D eigenvalue weighted by atomic mass is 9.80. The van der Waals surface area contributed by atoms with Gasteiger partial charge in [-0.25, -0.2) is 4.98 Å². The molecule has 0 saturated heterocycles. The van der Waals surface area contributed by atoms with E-state index in [1.807, 2.05) is 0 Å². The van der Waals surface area contributed by atoms with Crippen LogP contribution in [0.15, 0.2) is 24.5 Å². The summed E-state index contributed by atoms with van der Waals surface area (Å²) in [5.74, 6) is 1.27. The lowest BCUT2D eigenvalue weighted by Gasteiger charge is -2.34. The predicted octanol–water partition coefficient (Wildman–Crippen LogP) is 2.61. The summed E-state index contributed by atoms with van der Waals surface area (Å²) >= 11 is 0. The Kier molecular flexibility index (Phi) is 2.82. The summed E-state index contributed by atoms with van der Waals surface area (Å²) in [4.78, 5) is 4.73. The normalized spacial score (nSPS) is 24.0.